The molecule has 1 heterocycles. The van der Waals surface area contributed by atoms with Crippen molar-refractivity contribution in [1.29, 1.82) is 0 Å². The SMILES string of the molecule is CN(Cc1cccs1)C(=O)COc1ccc(F)cc1. The summed E-state index contributed by atoms with van der Waals surface area (Å²) in [5.74, 6) is 0.0467. The summed E-state index contributed by atoms with van der Waals surface area (Å²) in [7, 11) is 1.73. The number of carbonyl (C=O) groups is 1. The minimum atomic E-state index is -0.325. The molecule has 0 saturated carbocycles. The van der Waals surface area contributed by atoms with Crippen molar-refractivity contribution >= 4 is 17.2 Å². The molecule has 0 radical (unpaired) electrons. The number of likely N-dealkylation sites (N-methyl/N-ethyl adjacent to an activating group) is 1. The molecule has 0 spiro atoms. The molecular weight excluding hydrogens is 265 g/mol. The van der Waals surface area contributed by atoms with Gasteiger partial charge in [-0.1, -0.05) is 6.07 Å². The first-order chi connectivity index (χ1) is 9.15. The van der Waals surface area contributed by atoms with E-state index in [0.717, 1.165) is 4.88 Å². The number of ether oxygens (including phenoxy) is 1. The monoisotopic (exact) mass is 279 g/mol. The summed E-state index contributed by atoms with van der Waals surface area (Å²) in [6, 6.07) is 9.54. The van der Waals surface area contributed by atoms with Crippen LogP contribution in [0.4, 0.5) is 4.39 Å². The van der Waals surface area contributed by atoms with Crippen LogP contribution in [0.25, 0.3) is 0 Å². The van der Waals surface area contributed by atoms with Gasteiger partial charge in [0.05, 0.1) is 6.54 Å². The Balaban J connectivity index is 1.82. The van der Waals surface area contributed by atoms with Gasteiger partial charge in [0.1, 0.15) is 11.6 Å². The van der Waals surface area contributed by atoms with Crippen LogP contribution in [0.5, 0.6) is 5.75 Å². The van der Waals surface area contributed by atoms with Crippen LogP contribution in [0.3, 0.4) is 0 Å². The molecular formula is C14H14FNO2S. The number of thiophene rings is 1. The maximum Gasteiger partial charge on any atom is 0.260 e. The molecule has 2 rings (SSSR count). The highest BCUT2D eigenvalue weighted by Crippen LogP contribution is 2.13. The fourth-order valence-electron chi connectivity index (χ4n) is 1.51. The first-order valence-corrected chi connectivity index (χ1v) is 6.68. The highest BCUT2D eigenvalue weighted by atomic mass is 32.1. The molecule has 2 aromatic rings. The van der Waals surface area contributed by atoms with E-state index in [1.165, 1.54) is 24.3 Å². The lowest BCUT2D eigenvalue weighted by atomic mass is 10.3. The average Bonchev–Trinajstić information content (AvgIpc) is 2.90. The van der Waals surface area contributed by atoms with E-state index in [1.807, 2.05) is 17.5 Å². The summed E-state index contributed by atoms with van der Waals surface area (Å²) in [5, 5.41) is 1.97. The van der Waals surface area contributed by atoms with Crippen molar-refractivity contribution in [3.05, 3.63) is 52.5 Å². The largest absolute Gasteiger partial charge is 0.484 e. The lowest BCUT2D eigenvalue weighted by molar-refractivity contribution is -0.132. The minimum absolute atomic E-state index is 0.0481. The van der Waals surface area contributed by atoms with Gasteiger partial charge in [-0.15, -0.1) is 11.3 Å². The van der Waals surface area contributed by atoms with Gasteiger partial charge in [0.25, 0.3) is 5.91 Å². The molecule has 0 aliphatic heterocycles. The maximum atomic E-state index is 12.7. The summed E-state index contributed by atoms with van der Waals surface area (Å²) >= 11 is 1.61. The fourth-order valence-corrected chi connectivity index (χ4v) is 2.27. The summed E-state index contributed by atoms with van der Waals surface area (Å²) in [6.07, 6.45) is 0. The van der Waals surface area contributed by atoms with Crippen LogP contribution in [-0.4, -0.2) is 24.5 Å². The number of rotatable bonds is 5. The van der Waals surface area contributed by atoms with Crippen LogP contribution in [-0.2, 0) is 11.3 Å². The molecule has 0 unspecified atom stereocenters. The zero-order valence-electron chi connectivity index (χ0n) is 10.5. The zero-order chi connectivity index (χ0) is 13.7. The lowest BCUT2D eigenvalue weighted by Gasteiger charge is -2.16. The highest BCUT2D eigenvalue weighted by Gasteiger charge is 2.10. The van der Waals surface area contributed by atoms with E-state index in [1.54, 1.807) is 23.3 Å². The Morgan fingerprint density at radius 1 is 1.32 bits per heavy atom. The van der Waals surface area contributed by atoms with Crippen LogP contribution in [0.1, 0.15) is 4.88 Å². The van der Waals surface area contributed by atoms with Crippen molar-refractivity contribution in [3.63, 3.8) is 0 Å². The van der Waals surface area contributed by atoms with E-state index < -0.39 is 0 Å². The Hall–Kier alpha value is -1.88. The third kappa shape index (κ3) is 4.06. The van der Waals surface area contributed by atoms with E-state index in [9.17, 15) is 9.18 Å². The van der Waals surface area contributed by atoms with E-state index in [0.29, 0.717) is 12.3 Å². The normalized spacial score (nSPS) is 10.2. The molecule has 19 heavy (non-hydrogen) atoms. The molecule has 5 heteroatoms. The molecule has 0 aliphatic rings. The van der Waals surface area contributed by atoms with Gasteiger partial charge in [-0.05, 0) is 35.7 Å². The molecule has 1 aromatic carbocycles. The number of hydrogen-bond donors (Lipinski definition) is 0. The second kappa shape index (κ2) is 6.33. The van der Waals surface area contributed by atoms with Gasteiger partial charge < -0.3 is 9.64 Å². The van der Waals surface area contributed by atoms with Gasteiger partial charge in [0.2, 0.25) is 0 Å². The van der Waals surface area contributed by atoms with Gasteiger partial charge in [-0.25, -0.2) is 4.39 Å². The molecule has 0 aliphatic carbocycles. The maximum absolute atomic E-state index is 12.7. The van der Waals surface area contributed by atoms with Crippen molar-refractivity contribution in [1.82, 2.24) is 4.90 Å². The zero-order valence-corrected chi connectivity index (χ0v) is 11.3. The first-order valence-electron chi connectivity index (χ1n) is 5.80. The van der Waals surface area contributed by atoms with E-state index in [2.05, 4.69) is 0 Å². The van der Waals surface area contributed by atoms with Crippen molar-refractivity contribution in [2.45, 2.75) is 6.54 Å². The van der Waals surface area contributed by atoms with Gasteiger partial charge in [-0.3, -0.25) is 4.79 Å². The van der Waals surface area contributed by atoms with Crippen molar-refractivity contribution in [2.24, 2.45) is 0 Å². The van der Waals surface area contributed by atoms with Gasteiger partial charge in [0.15, 0.2) is 6.61 Å². The second-order valence-electron chi connectivity index (χ2n) is 4.07. The summed E-state index contributed by atoms with van der Waals surface area (Å²) in [4.78, 5) is 14.6. The Kier molecular flexibility index (Phi) is 4.52. The van der Waals surface area contributed by atoms with Crippen LogP contribution in [0, 0.1) is 5.82 Å². The number of amides is 1. The average molecular weight is 279 g/mol. The Morgan fingerprint density at radius 3 is 2.68 bits per heavy atom. The van der Waals surface area contributed by atoms with Crippen molar-refractivity contribution in [3.8, 4) is 5.75 Å². The van der Waals surface area contributed by atoms with Crippen molar-refractivity contribution in [2.75, 3.05) is 13.7 Å². The van der Waals surface area contributed by atoms with Gasteiger partial charge in [-0.2, -0.15) is 0 Å². The summed E-state index contributed by atoms with van der Waals surface area (Å²) in [6.45, 7) is 0.525. The van der Waals surface area contributed by atoms with Crippen molar-refractivity contribution < 1.29 is 13.9 Å². The molecule has 3 nitrogen and oxygen atoms in total. The third-order valence-electron chi connectivity index (χ3n) is 2.57. The molecule has 0 saturated heterocycles. The Bertz CT molecular complexity index is 525. The molecule has 1 aromatic heterocycles. The predicted octanol–water partition coefficient (Wildman–Crippen LogP) is 2.92. The van der Waals surface area contributed by atoms with Crippen LogP contribution >= 0.6 is 11.3 Å². The molecule has 0 fully saturated rings. The van der Waals surface area contributed by atoms with E-state index in [-0.39, 0.29) is 18.3 Å². The summed E-state index contributed by atoms with van der Waals surface area (Å²) < 4.78 is 18.0. The molecule has 0 atom stereocenters. The van der Waals surface area contributed by atoms with Gasteiger partial charge in [0, 0.05) is 11.9 Å². The summed E-state index contributed by atoms with van der Waals surface area (Å²) in [5.41, 5.74) is 0. The second-order valence-corrected chi connectivity index (χ2v) is 5.10. The van der Waals surface area contributed by atoms with E-state index in [4.69, 9.17) is 4.74 Å². The molecule has 0 bridgehead atoms. The predicted molar refractivity (Wildman–Crippen MR) is 72.7 cm³/mol. The molecule has 100 valence electrons. The quantitative estimate of drug-likeness (QED) is 0.842. The Labute approximate surface area is 115 Å². The fraction of sp³-hybridized carbons (Fsp3) is 0.214. The standard InChI is InChI=1S/C14H14FNO2S/c1-16(9-13-3-2-8-19-13)14(17)10-18-12-6-4-11(15)5-7-12/h2-8H,9-10H2,1H3. The highest BCUT2D eigenvalue weighted by molar-refractivity contribution is 7.09. The minimum Gasteiger partial charge on any atom is -0.484 e. The number of carbonyl (C=O) groups excluding carboxylic acids is 1. The number of hydrogen-bond acceptors (Lipinski definition) is 3. The number of benzene rings is 1. The van der Waals surface area contributed by atoms with Crippen LogP contribution in [0.15, 0.2) is 41.8 Å². The first kappa shape index (κ1) is 13.5. The van der Waals surface area contributed by atoms with E-state index >= 15 is 0 Å². The lowest BCUT2D eigenvalue weighted by Crippen LogP contribution is -2.30. The van der Waals surface area contributed by atoms with Gasteiger partial charge >= 0.3 is 0 Å². The topological polar surface area (TPSA) is 29.5 Å². The Morgan fingerprint density at radius 2 is 2.05 bits per heavy atom. The third-order valence-corrected chi connectivity index (χ3v) is 3.44. The van der Waals surface area contributed by atoms with Crippen LogP contribution in [0.2, 0.25) is 0 Å². The smallest absolute Gasteiger partial charge is 0.260 e. The van der Waals surface area contributed by atoms with Crippen LogP contribution < -0.4 is 4.74 Å². The number of halogens is 1. The molecule has 0 N–H and O–H groups in total. The molecule has 1 amide bonds. The number of nitrogens with zero attached hydrogens (tertiary/aromatic N) is 1.